The molecule has 5 heteroatoms. The maximum absolute atomic E-state index is 8.84. The Morgan fingerprint density at radius 3 is 2.50 bits per heavy atom. The Bertz CT molecular complexity index is 202. The standard InChI is InChI=1S/C11H25BN2O2/c1-14(2)8-10-4-3-9(7-11(10)13)5-6-12(15)16/h9-11,15-16H,3-8,13H2,1-2H3/t9-,10-,11-/m0/s1. The van der Waals surface area contributed by atoms with Crippen LogP contribution < -0.4 is 5.73 Å². The molecule has 1 aliphatic rings. The molecule has 0 aliphatic heterocycles. The van der Waals surface area contributed by atoms with E-state index in [0.29, 0.717) is 18.2 Å². The predicted octanol–water partition coefficient (Wildman–Crippen LogP) is 0.155. The minimum atomic E-state index is -1.16. The molecule has 0 heterocycles. The van der Waals surface area contributed by atoms with Gasteiger partial charge in [0.1, 0.15) is 0 Å². The van der Waals surface area contributed by atoms with Gasteiger partial charge in [-0.2, -0.15) is 0 Å². The molecule has 16 heavy (non-hydrogen) atoms. The van der Waals surface area contributed by atoms with Gasteiger partial charge in [0.25, 0.3) is 0 Å². The molecule has 1 aliphatic carbocycles. The summed E-state index contributed by atoms with van der Waals surface area (Å²) in [4.78, 5) is 2.20. The van der Waals surface area contributed by atoms with Crippen LogP contribution in [0.25, 0.3) is 0 Å². The van der Waals surface area contributed by atoms with Crippen LogP contribution in [0.3, 0.4) is 0 Å². The zero-order chi connectivity index (χ0) is 12.1. The van der Waals surface area contributed by atoms with Crippen molar-refractivity contribution in [1.29, 1.82) is 0 Å². The molecule has 1 saturated carbocycles. The van der Waals surface area contributed by atoms with Gasteiger partial charge in [-0.1, -0.05) is 12.8 Å². The van der Waals surface area contributed by atoms with Crippen LogP contribution in [0.2, 0.25) is 6.32 Å². The number of nitrogens with two attached hydrogens (primary N) is 1. The van der Waals surface area contributed by atoms with Gasteiger partial charge in [0, 0.05) is 12.6 Å². The summed E-state index contributed by atoms with van der Waals surface area (Å²) in [6, 6.07) is 0.275. The SMILES string of the molecule is CN(C)C[C@@H]1CC[C@@H](CCB(O)O)C[C@@H]1N. The van der Waals surface area contributed by atoms with E-state index in [1.54, 1.807) is 0 Å². The topological polar surface area (TPSA) is 69.7 Å². The number of hydrogen-bond donors (Lipinski definition) is 3. The van der Waals surface area contributed by atoms with E-state index in [0.717, 1.165) is 19.4 Å². The van der Waals surface area contributed by atoms with Crippen LogP contribution >= 0.6 is 0 Å². The molecule has 0 bridgehead atoms. The van der Waals surface area contributed by atoms with Gasteiger partial charge in [-0.15, -0.1) is 0 Å². The monoisotopic (exact) mass is 228 g/mol. The molecular formula is C11H25BN2O2. The highest BCUT2D eigenvalue weighted by Crippen LogP contribution is 2.31. The van der Waals surface area contributed by atoms with Gasteiger partial charge in [-0.3, -0.25) is 0 Å². The normalized spacial score (nSPS) is 30.8. The molecule has 0 spiro atoms. The Labute approximate surface area is 99.0 Å². The van der Waals surface area contributed by atoms with E-state index >= 15 is 0 Å². The predicted molar refractivity (Wildman–Crippen MR) is 67.0 cm³/mol. The second-order valence-corrected chi connectivity index (χ2v) is 5.42. The van der Waals surface area contributed by atoms with E-state index in [2.05, 4.69) is 19.0 Å². The van der Waals surface area contributed by atoms with E-state index < -0.39 is 7.12 Å². The van der Waals surface area contributed by atoms with Crippen LogP contribution in [-0.4, -0.2) is 48.7 Å². The third-order valence-corrected chi connectivity index (χ3v) is 3.59. The maximum atomic E-state index is 8.84. The lowest BCUT2D eigenvalue weighted by atomic mass is 9.72. The van der Waals surface area contributed by atoms with E-state index in [1.807, 2.05) is 0 Å². The zero-order valence-electron chi connectivity index (χ0n) is 10.5. The van der Waals surface area contributed by atoms with Crippen LogP contribution in [0.5, 0.6) is 0 Å². The molecule has 1 rings (SSSR count). The smallest absolute Gasteiger partial charge is 0.427 e. The Hall–Kier alpha value is -0.0951. The van der Waals surface area contributed by atoms with Gasteiger partial charge in [0.05, 0.1) is 0 Å². The molecule has 0 aromatic heterocycles. The number of hydrogen-bond acceptors (Lipinski definition) is 4. The van der Waals surface area contributed by atoms with Crippen LogP contribution in [0.1, 0.15) is 25.7 Å². The fraction of sp³-hybridized carbons (Fsp3) is 1.00. The van der Waals surface area contributed by atoms with Crippen molar-refractivity contribution in [2.24, 2.45) is 17.6 Å². The highest BCUT2D eigenvalue weighted by Gasteiger charge is 2.28. The fourth-order valence-electron chi connectivity index (χ4n) is 2.70. The first-order valence-corrected chi connectivity index (χ1v) is 6.25. The molecule has 0 amide bonds. The Morgan fingerprint density at radius 1 is 1.31 bits per heavy atom. The molecule has 0 aromatic carbocycles. The average molecular weight is 228 g/mol. The molecule has 4 nitrogen and oxygen atoms in total. The van der Waals surface area contributed by atoms with Crippen molar-refractivity contribution in [3.63, 3.8) is 0 Å². The highest BCUT2D eigenvalue weighted by molar-refractivity contribution is 6.40. The van der Waals surface area contributed by atoms with Crippen molar-refractivity contribution in [2.75, 3.05) is 20.6 Å². The summed E-state index contributed by atoms with van der Waals surface area (Å²) in [7, 11) is 3.01. The summed E-state index contributed by atoms with van der Waals surface area (Å²) in [5, 5.41) is 17.7. The van der Waals surface area contributed by atoms with Crippen molar-refractivity contribution in [2.45, 2.75) is 38.0 Å². The number of nitrogens with zero attached hydrogens (tertiary/aromatic N) is 1. The lowest BCUT2D eigenvalue weighted by molar-refractivity contribution is 0.190. The summed E-state index contributed by atoms with van der Waals surface area (Å²) in [6.45, 7) is 1.07. The molecule has 4 N–H and O–H groups in total. The van der Waals surface area contributed by atoms with Crippen molar-refractivity contribution in [3.05, 3.63) is 0 Å². The lowest BCUT2D eigenvalue weighted by Gasteiger charge is -2.35. The molecule has 0 radical (unpaired) electrons. The Balaban J connectivity index is 2.28. The third kappa shape index (κ3) is 4.83. The van der Waals surface area contributed by atoms with Crippen LogP contribution in [-0.2, 0) is 0 Å². The minimum absolute atomic E-state index is 0.275. The van der Waals surface area contributed by atoms with Gasteiger partial charge < -0.3 is 20.7 Å². The van der Waals surface area contributed by atoms with Crippen molar-refractivity contribution in [1.82, 2.24) is 4.90 Å². The molecule has 1 fully saturated rings. The second kappa shape index (κ2) is 6.59. The Kier molecular flexibility index (Phi) is 5.76. The third-order valence-electron chi connectivity index (χ3n) is 3.59. The van der Waals surface area contributed by atoms with Gasteiger partial charge in [-0.25, -0.2) is 0 Å². The van der Waals surface area contributed by atoms with Crippen molar-refractivity contribution >= 4 is 7.12 Å². The van der Waals surface area contributed by atoms with Gasteiger partial charge in [-0.05, 0) is 45.1 Å². The summed E-state index contributed by atoms with van der Waals surface area (Å²) >= 11 is 0. The molecule has 0 aromatic rings. The summed E-state index contributed by atoms with van der Waals surface area (Å²) in [5.41, 5.74) is 6.17. The highest BCUT2D eigenvalue weighted by atomic mass is 16.4. The van der Waals surface area contributed by atoms with Crippen LogP contribution in [0, 0.1) is 11.8 Å². The van der Waals surface area contributed by atoms with E-state index in [9.17, 15) is 0 Å². The molecule has 94 valence electrons. The van der Waals surface area contributed by atoms with E-state index in [1.165, 1.54) is 12.8 Å². The number of rotatable bonds is 5. The van der Waals surface area contributed by atoms with Gasteiger partial charge in [0.2, 0.25) is 0 Å². The quantitative estimate of drug-likeness (QED) is 0.586. The lowest BCUT2D eigenvalue weighted by Crippen LogP contribution is -2.41. The minimum Gasteiger partial charge on any atom is -0.427 e. The van der Waals surface area contributed by atoms with E-state index in [4.69, 9.17) is 15.8 Å². The van der Waals surface area contributed by atoms with Crippen LogP contribution in [0.15, 0.2) is 0 Å². The summed E-state index contributed by atoms with van der Waals surface area (Å²) < 4.78 is 0. The molecule has 0 unspecified atom stereocenters. The summed E-state index contributed by atoms with van der Waals surface area (Å²) in [5.74, 6) is 1.18. The second-order valence-electron chi connectivity index (χ2n) is 5.42. The fourth-order valence-corrected chi connectivity index (χ4v) is 2.70. The first-order valence-electron chi connectivity index (χ1n) is 6.25. The Morgan fingerprint density at radius 2 is 2.00 bits per heavy atom. The first-order chi connectivity index (χ1) is 7.49. The van der Waals surface area contributed by atoms with Crippen molar-refractivity contribution < 1.29 is 10.0 Å². The first kappa shape index (κ1) is 14.0. The van der Waals surface area contributed by atoms with Gasteiger partial charge in [0.15, 0.2) is 0 Å². The summed E-state index contributed by atoms with van der Waals surface area (Å²) in [6.07, 6.45) is 4.76. The molecule has 3 atom stereocenters. The van der Waals surface area contributed by atoms with E-state index in [-0.39, 0.29) is 6.04 Å². The van der Waals surface area contributed by atoms with Crippen LogP contribution in [0.4, 0.5) is 0 Å². The zero-order valence-corrected chi connectivity index (χ0v) is 10.5. The maximum Gasteiger partial charge on any atom is 0.451 e. The molecular weight excluding hydrogens is 203 g/mol. The largest absolute Gasteiger partial charge is 0.451 e. The van der Waals surface area contributed by atoms with Gasteiger partial charge >= 0.3 is 7.12 Å². The average Bonchev–Trinajstić information content (AvgIpc) is 2.18. The van der Waals surface area contributed by atoms with Crippen molar-refractivity contribution in [3.8, 4) is 0 Å². The molecule has 0 saturated heterocycles.